The smallest absolute Gasteiger partial charge is 0.254 e. The fraction of sp³-hybridized carbons (Fsp3) is 0.455. The summed E-state index contributed by atoms with van der Waals surface area (Å²) in [7, 11) is 0. The van der Waals surface area contributed by atoms with E-state index in [0.29, 0.717) is 25.1 Å². The Bertz CT molecular complexity index is 333. The van der Waals surface area contributed by atoms with E-state index in [2.05, 4.69) is 10.6 Å². The first-order chi connectivity index (χ1) is 7.74. The maximum atomic E-state index is 11.4. The highest BCUT2D eigenvalue weighted by Gasteiger charge is 2.06. The van der Waals surface area contributed by atoms with Crippen molar-refractivity contribution in [3.05, 3.63) is 24.2 Å². The minimum atomic E-state index is -0.225. The van der Waals surface area contributed by atoms with Crippen molar-refractivity contribution >= 4 is 11.8 Å². The molecule has 0 atom stereocenters. The van der Waals surface area contributed by atoms with Crippen LogP contribution in [-0.2, 0) is 4.79 Å². The van der Waals surface area contributed by atoms with Crippen molar-refractivity contribution in [2.24, 2.45) is 0 Å². The number of amides is 2. The van der Waals surface area contributed by atoms with Gasteiger partial charge in [0.25, 0.3) is 5.91 Å². The molecular formula is C11H16N2O3. The van der Waals surface area contributed by atoms with Gasteiger partial charge >= 0.3 is 0 Å². The summed E-state index contributed by atoms with van der Waals surface area (Å²) in [5.74, 6) is -0.272. The van der Waals surface area contributed by atoms with Crippen molar-refractivity contribution < 1.29 is 14.0 Å². The molecule has 0 spiro atoms. The average molecular weight is 224 g/mol. The summed E-state index contributed by atoms with van der Waals surface area (Å²) in [5.41, 5.74) is 0.467. The fourth-order valence-electron chi connectivity index (χ4n) is 1.14. The van der Waals surface area contributed by atoms with Gasteiger partial charge < -0.3 is 15.1 Å². The number of carbonyl (C=O) groups excluding carboxylic acids is 2. The van der Waals surface area contributed by atoms with E-state index < -0.39 is 0 Å². The number of nitrogens with one attached hydrogen (secondary N) is 2. The first-order valence-corrected chi connectivity index (χ1v) is 5.31. The quantitative estimate of drug-likeness (QED) is 0.755. The first-order valence-electron chi connectivity index (χ1n) is 5.31. The third-order valence-electron chi connectivity index (χ3n) is 1.99. The molecule has 1 heterocycles. The van der Waals surface area contributed by atoms with Gasteiger partial charge in [0, 0.05) is 19.5 Å². The van der Waals surface area contributed by atoms with Crippen LogP contribution >= 0.6 is 0 Å². The molecule has 5 heteroatoms. The Labute approximate surface area is 94.2 Å². The molecular weight excluding hydrogens is 208 g/mol. The second kappa shape index (κ2) is 6.66. The van der Waals surface area contributed by atoms with Gasteiger partial charge in [-0.25, -0.2) is 0 Å². The lowest BCUT2D eigenvalue weighted by Gasteiger charge is -2.04. The van der Waals surface area contributed by atoms with Crippen molar-refractivity contribution in [2.75, 3.05) is 13.1 Å². The minimum Gasteiger partial charge on any atom is -0.472 e. The summed E-state index contributed by atoms with van der Waals surface area (Å²) in [6.45, 7) is 3.00. The van der Waals surface area contributed by atoms with Crippen LogP contribution in [0.4, 0.5) is 0 Å². The predicted octanol–water partition coefficient (Wildman–Crippen LogP) is 0.926. The highest BCUT2D eigenvalue weighted by Crippen LogP contribution is 1.98. The second-order valence-electron chi connectivity index (χ2n) is 3.37. The molecule has 1 rings (SSSR count). The van der Waals surface area contributed by atoms with Gasteiger partial charge in [-0.05, 0) is 12.5 Å². The monoisotopic (exact) mass is 224 g/mol. The van der Waals surface area contributed by atoms with Gasteiger partial charge in [-0.1, -0.05) is 6.92 Å². The topological polar surface area (TPSA) is 71.3 Å². The average Bonchev–Trinajstić information content (AvgIpc) is 2.79. The fourth-order valence-corrected chi connectivity index (χ4v) is 1.14. The third kappa shape index (κ3) is 4.16. The second-order valence-corrected chi connectivity index (χ2v) is 3.37. The summed E-state index contributed by atoms with van der Waals surface area (Å²) in [4.78, 5) is 22.6. The standard InChI is InChI=1S/C11H16N2O3/c1-2-5-12-10(14)3-6-13-11(15)9-4-7-16-8-9/h4,7-8H,2-3,5-6H2,1H3,(H,12,14)(H,13,15). The van der Waals surface area contributed by atoms with Gasteiger partial charge in [-0.15, -0.1) is 0 Å². The molecule has 16 heavy (non-hydrogen) atoms. The molecule has 5 nitrogen and oxygen atoms in total. The number of rotatable bonds is 6. The molecule has 0 saturated carbocycles. The normalized spacial score (nSPS) is 9.81. The first kappa shape index (κ1) is 12.3. The van der Waals surface area contributed by atoms with Crippen LogP contribution in [0.3, 0.4) is 0 Å². The Morgan fingerprint density at radius 2 is 2.12 bits per heavy atom. The molecule has 1 aromatic rings. The van der Waals surface area contributed by atoms with E-state index in [1.807, 2.05) is 6.92 Å². The van der Waals surface area contributed by atoms with Crippen LogP contribution in [0.5, 0.6) is 0 Å². The van der Waals surface area contributed by atoms with E-state index in [1.54, 1.807) is 6.07 Å². The van der Waals surface area contributed by atoms with Crippen LogP contribution in [0.1, 0.15) is 30.1 Å². The number of furan rings is 1. The molecule has 2 N–H and O–H groups in total. The Morgan fingerprint density at radius 3 is 2.75 bits per heavy atom. The van der Waals surface area contributed by atoms with Crippen molar-refractivity contribution in [3.8, 4) is 0 Å². The molecule has 0 unspecified atom stereocenters. The Balaban J connectivity index is 2.16. The minimum absolute atomic E-state index is 0.0469. The van der Waals surface area contributed by atoms with Crippen LogP contribution in [0.25, 0.3) is 0 Å². The van der Waals surface area contributed by atoms with Crippen LogP contribution in [0, 0.1) is 0 Å². The lowest BCUT2D eigenvalue weighted by atomic mass is 10.3. The van der Waals surface area contributed by atoms with E-state index in [4.69, 9.17) is 4.42 Å². The highest BCUT2D eigenvalue weighted by molar-refractivity contribution is 5.93. The zero-order valence-electron chi connectivity index (χ0n) is 9.29. The van der Waals surface area contributed by atoms with Crippen LogP contribution < -0.4 is 10.6 Å². The molecule has 0 fully saturated rings. The van der Waals surface area contributed by atoms with Crippen molar-refractivity contribution in [1.29, 1.82) is 0 Å². The zero-order valence-corrected chi connectivity index (χ0v) is 9.29. The molecule has 2 amide bonds. The summed E-state index contributed by atoms with van der Waals surface area (Å²) < 4.78 is 4.78. The molecule has 0 radical (unpaired) electrons. The number of hydrogen-bond donors (Lipinski definition) is 2. The molecule has 0 bridgehead atoms. The molecule has 0 aliphatic heterocycles. The maximum absolute atomic E-state index is 11.4. The van der Waals surface area contributed by atoms with E-state index >= 15 is 0 Å². The van der Waals surface area contributed by atoms with Crippen LogP contribution in [0.2, 0.25) is 0 Å². The van der Waals surface area contributed by atoms with E-state index in [0.717, 1.165) is 6.42 Å². The van der Waals surface area contributed by atoms with Gasteiger partial charge in [0.1, 0.15) is 6.26 Å². The molecule has 0 aliphatic carbocycles. The van der Waals surface area contributed by atoms with Crippen LogP contribution in [-0.4, -0.2) is 24.9 Å². The van der Waals surface area contributed by atoms with Gasteiger partial charge in [0.05, 0.1) is 11.8 Å². The van der Waals surface area contributed by atoms with Crippen molar-refractivity contribution in [1.82, 2.24) is 10.6 Å². The molecule has 0 saturated heterocycles. The Kier molecular flexibility index (Phi) is 5.11. The third-order valence-corrected chi connectivity index (χ3v) is 1.99. The van der Waals surface area contributed by atoms with E-state index in [1.165, 1.54) is 12.5 Å². The summed E-state index contributed by atoms with van der Waals surface area (Å²) in [6.07, 6.45) is 4.01. The van der Waals surface area contributed by atoms with Gasteiger partial charge in [0.2, 0.25) is 5.91 Å². The Hall–Kier alpha value is -1.78. The van der Waals surface area contributed by atoms with Gasteiger partial charge in [0.15, 0.2) is 0 Å². The molecule has 0 aromatic carbocycles. The lowest BCUT2D eigenvalue weighted by molar-refractivity contribution is -0.120. The number of carbonyl (C=O) groups is 2. The van der Waals surface area contributed by atoms with Crippen LogP contribution in [0.15, 0.2) is 23.0 Å². The van der Waals surface area contributed by atoms with E-state index in [9.17, 15) is 9.59 Å². The summed E-state index contributed by atoms with van der Waals surface area (Å²) in [6, 6.07) is 1.58. The van der Waals surface area contributed by atoms with Crippen molar-refractivity contribution in [3.63, 3.8) is 0 Å². The molecule has 0 aliphatic rings. The highest BCUT2D eigenvalue weighted by atomic mass is 16.3. The largest absolute Gasteiger partial charge is 0.472 e. The van der Waals surface area contributed by atoms with E-state index in [-0.39, 0.29) is 11.8 Å². The molecule has 1 aromatic heterocycles. The Morgan fingerprint density at radius 1 is 1.31 bits per heavy atom. The van der Waals surface area contributed by atoms with Gasteiger partial charge in [-0.3, -0.25) is 9.59 Å². The number of hydrogen-bond acceptors (Lipinski definition) is 3. The zero-order chi connectivity index (χ0) is 11.8. The lowest BCUT2D eigenvalue weighted by Crippen LogP contribution is -2.30. The summed E-state index contributed by atoms with van der Waals surface area (Å²) in [5, 5.41) is 5.36. The predicted molar refractivity (Wildman–Crippen MR) is 59.0 cm³/mol. The molecule has 88 valence electrons. The van der Waals surface area contributed by atoms with Crippen molar-refractivity contribution in [2.45, 2.75) is 19.8 Å². The summed E-state index contributed by atoms with van der Waals surface area (Å²) >= 11 is 0. The maximum Gasteiger partial charge on any atom is 0.254 e. The SMILES string of the molecule is CCCNC(=O)CCNC(=O)c1ccoc1. The van der Waals surface area contributed by atoms with Gasteiger partial charge in [-0.2, -0.15) is 0 Å².